The summed E-state index contributed by atoms with van der Waals surface area (Å²) in [6.45, 7) is -2.49. The fourth-order valence-electron chi connectivity index (χ4n) is 1.74. The molecule has 1 heterocycles. The molecule has 17 heavy (non-hydrogen) atoms. The first-order chi connectivity index (χ1) is 8.06. The van der Waals surface area contributed by atoms with Crippen molar-refractivity contribution in [2.45, 2.75) is 18.4 Å². The summed E-state index contributed by atoms with van der Waals surface area (Å²) in [5.41, 5.74) is 0.524. The molecule has 1 aliphatic heterocycles. The van der Waals surface area contributed by atoms with Crippen LogP contribution in [0.4, 0.5) is 14.5 Å². The molecule has 1 aliphatic rings. The summed E-state index contributed by atoms with van der Waals surface area (Å²) >= 11 is 5.86. The molecule has 3 nitrogen and oxygen atoms in total. The Balaban J connectivity index is 2.18. The van der Waals surface area contributed by atoms with E-state index in [0.717, 1.165) is 0 Å². The van der Waals surface area contributed by atoms with Crippen molar-refractivity contribution in [3.05, 3.63) is 24.3 Å². The fraction of sp³-hybridized carbons (Fsp3) is 0.364. The third-order valence-corrected chi connectivity index (χ3v) is 2.72. The van der Waals surface area contributed by atoms with Gasteiger partial charge in [0.25, 0.3) is 0 Å². The van der Waals surface area contributed by atoms with Crippen LogP contribution in [0, 0.1) is 0 Å². The maximum Gasteiger partial charge on any atom is 0.387 e. The lowest BCUT2D eigenvalue weighted by Gasteiger charge is -2.16. The van der Waals surface area contributed by atoms with Crippen LogP contribution in [0.2, 0.25) is 0 Å². The Morgan fingerprint density at radius 2 is 2.24 bits per heavy atom. The normalized spacial score (nSPS) is 20.1. The molecule has 6 heteroatoms. The lowest BCUT2D eigenvalue weighted by Crippen LogP contribution is -2.24. The van der Waals surface area contributed by atoms with Crippen molar-refractivity contribution >= 4 is 23.2 Å². The average Bonchev–Trinajstić information content (AvgIpc) is 2.57. The van der Waals surface area contributed by atoms with Crippen LogP contribution in [0.1, 0.15) is 6.42 Å². The van der Waals surface area contributed by atoms with Crippen LogP contribution >= 0.6 is 11.6 Å². The van der Waals surface area contributed by atoms with Crippen molar-refractivity contribution in [2.75, 3.05) is 11.4 Å². The first kappa shape index (κ1) is 12.1. The zero-order chi connectivity index (χ0) is 12.4. The van der Waals surface area contributed by atoms with E-state index in [1.165, 1.54) is 17.0 Å². The van der Waals surface area contributed by atoms with Gasteiger partial charge < -0.3 is 9.64 Å². The molecule has 1 atom stereocenters. The molecule has 0 N–H and O–H groups in total. The van der Waals surface area contributed by atoms with Crippen molar-refractivity contribution < 1.29 is 18.3 Å². The maximum absolute atomic E-state index is 12.0. The van der Waals surface area contributed by atoms with Crippen LogP contribution < -0.4 is 9.64 Å². The van der Waals surface area contributed by atoms with Gasteiger partial charge in [-0.05, 0) is 12.1 Å². The predicted octanol–water partition coefficient (Wildman–Crippen LogP) is 2.63. The average molecular weight is 262 g/mol. The highest BCUT2D eigenvalue weighted by Crippen LogP contribution is 2.27. The van der Waals surface area contributed by atoms with Crippen molar-refractivity contribution in [3.63, 3.8) is 0 Å². The lowest BCUT2D eigenvalue weighted by atomic mass is 10.3. The highest BCUT2D eigenvalue weighted by atomic mass is 35.5. The van der Waals surface area contributed by atoms with Crippen LogP contribution in [0.3, 0.4) is 0 Å². The Morgan fingerprint density at radius 1 is 1.47 bits per heavy atom. The number of hydrogen-bond acceptors (Lipinski definition) is 2. The van der Waals surface area contributed by atoms with E-state index in [9.17, 15) is 13.6 Å². The molecule has 1 aromatic carbocycles. The molecule has 1 fully saturated rings. The number of hydrogen-bond donors (Lipinski definition) is 0. The minimum Gasteiger partial charge on any atom is -0.435 e. The van der Waals surface area contributed by atoms with E-state index in [1.807, 2.05) is 0 Å². The number of benzene rings is 1. The van der Waals surface area contributed by atoms with Crippen molar-refractivity contribution in [3.8, 4) is 5.75 Å². The number of ether oxygens (including phenoxy) is 1. The van der Waals surface area contributed by atoms with Gasteiger partial charge in [0, 0.05) is 24.7 Å². The van der Waals surface area contributed by atoms with Gasteiger partial charge >= 0.3 is 6.61 Å². The first-order valence-electron chi connectivity index (χ1n) is 5.05. The minimum atomic E-state index is -2.87. The molecule has 1 amide bonds. The smallest absolute Gasteiger partial charge is 0.387 e. The van der Waals surface area contributed by atoms with Gasteiger partial charge in [0.05, 0.1) is 5.38 Å². The molecular weight excluding hydrogens is 252 g/mol. The summed E-state index contributed by atoms with van der Waals surface area (Å²) in [5, 5.41) is -0.234. The van der Waals surface area contributed by atoms with E-state index in [1.54, 1.807) is 12.1 Å². The predicted molar refractivity (Wildman–Crippen MR) is 59.7 cm³/mol. The first-order valence-corrected chi connectivity index (χ1v) is 5.49. The molecule has 0 bridgehead atoms. The third kappa shape index (κ3) is 2.85. The topological polar surface area (TPSA) is 29.5 Å². The molecular formula is C11H10ClF2NO2. The standard InChI is InChI=1S/C11H10ClF2NO2/c12-7-4-10(16)15(6-7)8-2-1-3-9(5-8)17-11(13)14/h1-3,5,7,11H,4,6H2. The van der Waals surface area contributed by atoms with Crippen molar-refractivity contribution in [2.24, 2.45) is 0 Å². The molecule has 92 valence electrons. The molecule has 0 aromatic heterocycles. The summed E-state index contributed by atoms with van der Waals surface area (Å²) in [4.78, 5) is 13.0. The van der Waals surface area contributed by atoms with Gasteiger partial charge in [-0.2, -0.15) is 8.78 Å². The number of rotatable bonds is 3. The summed E-state index contributed by atoms with van der Waals surface area (Å²) in [5.74, 6) is -0.0810. The van der Waals surface area contributed by atoms with Gasteiger partial charge in [0.2, 0.25) is 5.91 Å². The molecule has 0 radical (unpaired) electrons. The quantitative estimate of drug-likeness (QED) is 0.783. The number of anilines is 1. The lowest BCUT2D eigenvalue weighted by molar-refractivity contribution is -0.117. The largest absolute Gasteiger partial charge is 0.435 e. The second-order valence-corrected chi connectivity index (χ2v) is 4.30. The summed E-state index contributed by atoms with van der Waals surface area (Å²) in [6, 6.07) is 6.03. The van der Waals surface area contributed by atoms with Gasteiger partial charge in [-0.3, -0.25) is 4.79 Å². The van der Waals surface area contributed by atoms with Gasteiger partial charge in [0.1, 0.15) is 5.75 Å². The molecule has 2 rings (SSSR count). The number of alkyl halides is 3. The molecule has 0 saturated carbocycles. The number of nitrogens with zero attached hydrogens (tertiary/aromatic N) is 1. The molecule has 1 unspecified atom stereocenters. The van der Waals surface area contributed by atoms with Crippen molar-refractivity contribution in [1.29, 1.82) is 0 Å². The van der Waals surface area contributed by atoms with E-state index in [-0.39, 0.29) is 23.5 Å². The van der Waals surface area contributed by atoms with Gasteiger partial charge in [0.15, 0.2) is 0 Å². The summed E-state index contributed by atoms with van der Waals surface area (Å²) in [6.07, 6.45) is 0.265. The van der Waals surface area contributed by atoms with E-state index < -0.39 is 6.61 Å². The second-order valence-electron chi connectivity index (χ2n) is 3.68. The van der Waals surface area contributed by atoms with E-state index in [2.05, 4.69) is 4.74 Å². The van der Waals surface area contributed by atoms with E-state index in [4.69, 9.17) is 11.6 Å². The summed E-state index contributed by atoms with van der Waals surface area (Å²) < 4.78 is 28.4. The number of carbonyl (C=O) groups excluding carboxylic acids is 1. The van der Waals surface area contributed by atoms with Gasteiger partial charge in [-0.15, -0.1) is 11.6 Å². The zero-order valence-corrected chi connectivity index (χ0v) is 9.53. The maximum atomic E-state index is 12.0. The highest BCUT2D eigenvalue weighted by Gasteiger charge is 2.29. The number of amides is 1. The highest BCUT2D eigenvalue weighted by molar-refractivity contribution is 6.24. The van der Waals surface area contributed by atoms with Crippen LogP contribution in [0.25, 0.3) is 0 Å². The van der Waals surface area contributed by atoms with E-state index >= 15 is 0 Å². The Kier molecular flexibility index (Phi) is 3.47. The van der Waals surface area contributed by atoms with Crippen molar-refractivity contribution in [1.82, 2.24) is 0 Å². The van der Waals surface area contributed by atoms with Gasteiger partial charge in [-0.25, -0.2) is 0 Å². The van der Waals surface area contributed by atoms with E-state index in [0.29, 0.717) is 12.2 Å². The molecule has 1 saturated heterocycles. The third-order valence-electron chi connectivity index (χ3n) is 2.43. The van der Waals surface area contributed by atoms with Crippen LogP contribution in [-0.4, -0.2) is 24.4 Å². The molecule has 0 aliphatic carbocycles. The van der Waals surface area contributed by atoms with Crippen LogP contribution in [0.5, 0.6) is 5.75 Å². The summed E-state index contributed by atoms with van der Waals surface area (Å²) in [7, 11) is 0. The fourth-order valence-corrected chi connectivity index (χ4v) is 2.01. The van der Waals surface area contributed by atoms with Crippen LogP contribution in [0.15, 0.2) is 24.3 Å². The Labute approximate surface area is 102 Å². The number of halogens is 3. The zero-order valence-electron chi connectivity index (χ0n) is 8.78. The monoisotopic (exact) mass is 261 g/mol. The van der Waals surface area contributed by atoms with Crippen LogP contribution in [-0.2, 0) is 4.79 Å². The SMILES string of the molecule is O=C1CC(Cl)CN1c1cccc(OC(F)F)c1. The Hall–Kier alpha value is -1.36. The Morgan fingerprint density at radius 3 is 2.82 bits per heavy atom. The Bertz CT molecular complexity index is 428. The second kappa shape index (κ2) is 4.87. The molecule has 0 spiro atoms. The number of carbonyl (C=O) groups is 1. The minimum absolute atomic E-state index is 0.0309. The van der Waals surface area contributed by atoms with Gasteiger partial charge in [-0.1, -0.05) is 6.07 Å². The molecule has 1 aromatic rings.